The van der Waals surface area contributed by atoms with Crippen molar-refractivity contribution in [3.05, 3.63) is 41.0 Å². The molecule has 4 nitrogen and oxygen atoms in total. The molecule has 1 aromatic rings. The smallest absolute Gasteiger partial charge is 0.427 e. The fourth-order valence-electron chi connectivity index (χ4n) is 2.96. The summed E-state index contributed by atoms with van der Waals surface area (Å²) in [6.07, 6.45) is 6.53. The van der Waals surface area contributed by atoms with E-state index in [-0.39, 0.29) is 18.1 Å². The van der Waals surface area contributed by atoms with E-state index in [4.69, 9.17) is 9.47 Å². The number of thioether (sulfide) groups is 1. The van der Waals surface area contributed by atoms with E-state index in [0.717, 1.165) is 23.2 Å². The average molecular weight is 304 g/mol. The van der Waals surface area contributed by atoms with Crippen molar-refractivity contribution in [3.8, 4) is 0 Å². The van der Waals surface area contributed by atoms with Crippen molar-refractivity contribution in [2.75, 3.05) is 6.26 Å². The van der Waals surface area contributed by atoms with Gasteiger partial charge in [-0.25, -0.2) is 4.79 Å². The van der Waals surface area contributed by atoms with Crippen molar-refractivity contribution in [2.24, 2.45) is 0 Å². The van der Waals surface area contributed by atoms with Crippen LogP contribution in [0.5, 0.6) is 0 Å². The quantitative estimate of drug-likeness (QED) is 0.371. The molecule has 1 aromatic carbocycles. The molecule has 1 heterocycles. The Bertz CT molecular complexity index is 623. The highest BCUT2D eigenvalue weighted by Crippen LogP contribution is 2.38. The summed E-state index contributed by atoms with van der Waals surface area (Å²) in [7, 11) is 0. The van der Waals surface area contributed by atoms with Crippen LogP contribution < -0.4 is 0 Å². The van der Waals surface area contributed by atoms with Crippen LogP contribution in [0.1, 0.15) is 34.3 Å². The molecule has 0 N–H and O–H groups in total. The summed E-state index contributed by atoms with van der Waals surface area (Å²) in [6, 6.07) is 3.98. The van der Waals surface area contributed by atoms with Crippen molar-refractivity contribution in [3.63, 3.8) is 0 Å². The standard InChI is InChI=1S/C16H16O4S/c1-9-15(20-16(18)19-9)12-5-3-4-10-7-14(21-2)11(8-17)6-13(10)12/h3,5-9,12,15H,4H2,1-2H3. The van der Waals surface area contributed by atoms with Crippen LogP contribution in [-0.2, 0) is 15.9 Å². The molecule has 0 bridgehead atoms. The van der Waals surface area contributed by atoms with E-state index in [0.29, 0.717) is 5.56 Å². The van der Waals surface area contributed by atoms with Crippen molar-refractivity contribution in [2.45, 2.75) is 36.4 Å². The fraction of sp³-hybridized carbons (Fsp3) is 0.375. The van der Waals surface area contributed by atoms with E-state index in [2.05, 4.69) is 12.1 Å². The maximum absolute atomic E-state index is 11.3. The molecule has 5 heteroatoms. The summed E-state index contributed by atoms with van der Waals surface area (Å²) in [4.78, 5) is 23.6. The van der Waals surface area contributed by atoms with Crippen LogP contribution >= 0.6 is 11.8 Å². The van der Waals surface area contributed by atoms with Gasteiger partial charge in [-0.15, -0.1) is 11.8 Å². The number of fused-ring (bicyclic) bond motifs is 1. The molecule has 1 saturated heterocycles. The van der Waals surface area contributed by atoms with Crippen molar-refractivity contribution in [1.29, 1.82) is 0 Å². The first kappa shape index (κ1) is 14.2. The van der Waals surface area contributed by atoms with E-state index in [1.165, 1.54) is 5.56 Å². The first-order valence-electron chi connectivity index (χ1n) is 6.84. The third-order valence-corrected chi connectivity index (χ3v) is 4.78. The Labute approximate surface area is 127 Å². The summed E-state index contributed by atoms with van der Waals surface area (Å²) >= 11 is 1.56. The SMILES string of the molecule is CSc1cc2c(cc1C=O)C(C1OC(=O)OC1C)C=CC2. The normalized spacial score (nSPS) is 27.0. The number of carbonyl (C=O) groups excluding carboxylic acids is 2. The van der Waals surface area contributed by atoms with Gasteiger partial charge in [-0.1, -0.05) is 12.2 Å². The predicted molar refractivity (Wildman–Crippen MR) is 80.0 cm³/mol. The van der Waals surface area contributed by atoms with E-state index >= 15 is 0 Å². The lowest BCUT2D eigenvalue weighted by Gasteiger charge is -2.26. The molecule has 1 aliphatic heterocycles. The van der Waals surface area contributed by atoms with Gasteiger partial charge in [-0.2, -0.15) is 0 Å². The van der Waals surface area contributed by atoms with E-state index in [1.807, 2.05) is 25.3 Å². The molecule has 1 aliphatic carbocycles. The molecule has 0 spiro atoms. The van der Waals surface area contributed by atoms with Gasteiger partial charge in [0.15, 0.2) is 12.4 Å². The Kier molecular flexibility index (Phi) is 3.76. The molecule has 3 atom stereocenters. The Hall–Kier alpha value is -1.75. The topological polar surface area (TPSA) is 52.6 Å². The van der Waals surface area contributed by atoms with Crippen LogP contribution in [0.4, 0.5) is 4.79 Å². The lowest BCUT2D eigenvalue weighted by molar-refractivity contribution is 0.111. The first-order chi connectivity index (χ1) is 10.1. The minimum Gasteiger partial charge on any atom is -0.427 e. The molecule has 1 fully saturated rings. The average Bonchev–Trinajstić information content (AvgIpc) is 2.83. The van der Waals surface area contributed by atoms with Crippen molar-refractivity contribution < 1.29 is 19.1 Å². The van der Waals surface area contributed by atoms with E-state index < -0.39 is 6.16 Å². The monoisotopic (exact) mass is 304 g/mol. The van der Waals surface area contributed by atoms with Gasteiger partial charge in [-0.3, -0.25) is 4.79 Å². The van der Waals surface area contributed by atoms with Crippen molar-refractivity contribution in [1.82, 2.24) is 0 Å². The highest BCUT2D eigenvalue weighted by molar-refractivity contribution is 7.98. The summed E-state index contributed by atoms with van der Waals surface area (Å²) in [5.74, 6) is -0.0650. The minimum absolute atomic E-state index is 0.0650. The molecule has 21 heavy (non-hydrogen) atoms. The first-order valence-corrected chi connectivity index (χ1v) is 8.06. The molecule has 3 unspecified atom stereocenters. The van der Waals surface area contributed by atoms with Gasteiger partial charge in [0.25, 0.3) is 0 Å². The van der Waals surface area contributed by atoms with Crippen molar-refractivity contribution >= 4 is 24.2 Å². The number of aldehydes is 1. The molecule has 110 valence electrons. The van der Waals surface area contributed by atoms with Crippen LogP contribution in [-0.4, -0.2) is 30.9 Å². The third kappa shape index (κ3) is 2.46. The number of rotatable bonds is 3. The number of hydrogen-bond acceptors (Lipinski definition) is 5. The maximum atomic E-state index is 11.3. The molecule has 0 saturated carbocycles. The second-order valence-corrected chi connectivity index (χ2v) is 6.07. The Morgan fingerprint density at radius 1 is 1.33 bits per heavy atom. The highest BCUT2D eigenvalue weighted by Gasteiger charge is 2.40. The summed E-state index contributed by atoms with van der Waals surface area (Å²) in [5.41, 5.74) is 2.90. The summed E-state index contributed by atoms with van der Waals surface area (Å²) in [5, 5.41) is 0. The maximum Gasteiger partial charge on any atom is 0.509 e. The van der Waals surface area contributed by atoms with E-state index in [1.54, 1.807) is 11.8 Å². The Balaban J connectivity index is 2.03. The lowest BCUT2D eigenvalue weighted by atomic mass is 9.82. The van der Waals surface area contributed by atoms with Gasteiger partial charge in [0.1, 0.15) is 6.10 Å². The molecule has 0 radical (unpaired) electrons. The van der Waals surface area contributed by atoms with Crippen LogP contribution in [0.15, 0.2) is 29.2 Å². The number of cyclic esters (lactones) is 2. The Morgan fingerprint density at radius 3 is 2.76 bits per heavy atom. The van der Waals surface area contributed by atoms with Gasteiger partial charge in [0.05, 0.1) is 0 Å². The molecule has 0 amide bonds. The summed E-state index contributed by atoms with van der Waals surface area (Å²) < 4.78 is 10.4. The van der Waals surface area contributed by atoms with Crippen LogP contribution in [0.2, 0.25) is 0 Å². The zero-order valence-corrected chi connectivity index (χ0v) is 12.7. The van der Waals surface area contributed by atoms with Gasteiger partial charge >= 0.3 is 6.16 Å². The van der Waals surface area contributed by atoms with Gasteiger partial charge in [-0.05, 0) is 42.9 Å². The number of hydrogen-bond donors (Lipinski definition) is 0. The third-order valence-electron chi connectivity index (χ3n) is 3.99. The van der Waals surface area contributed by atoms with Gasteiger partial charge in [0, 0.05) is 16.4 Å². The van der Waals surface area contributed by atoms with Gasteiger partial charge < -0.3 is 9.47 Å². The zero-order valence-electron chi connectivity index (χ0n) is 11.9. The second kappa shape index (κ2) is 5.56. The number of ether oxygens (including phenoxy) is 2. The van der Waals surface area contributed by atoms with Crippen LogP contribution in [0.3, 0.4) is 0 Å². The second-order valence-electron chi connectivity index (χ2n) is 5.22. The van der Waals surface area contributed by atoms with Crippen LogP contribution in [0, 0.1) is 0 Å². The molecule has 2 aliphatic rings. The molecular formula is C16H16O4S. The number of allylic oxidation sites excluding steroid dienone is 1. The molecule has 0 aromatic heterocycles. The molecule has 3 rings (SSSR count). The zero-order chi connectivity index (χ0) is 15.0. The largest absolute Gasteiger partial charge is 0.509 e. The van der Waals surface area contributed by atoms with Crippen LogP contribution in [0.25, 0.3) is 0 Å². The fourth-order valence-corrected chi connectivity index (χ4v) is 3.57. The minimum atomic E-state index is -0.621. The Morgan fingerprint density at radius 2 is 2.14 bits per heavy atom. The highest BCUT2D eigenvalue weighted by atomic mass is 32.2. The number of carbonyl (C=O) groups is 2. The van der Waals surface area contributed by atoms with E-state index in [9.17, 15) is 9.59 Å². The lowest BCUT2D eigenvalue weighted by Crippen LogP contribution is -2.28. The predicted octanol–water partition coefficient (Wildman–Crippen LogP) is 3.34. The molecular weight excluding hydrogens is 288 g/mol. The summed E-state index contributed by atoms with van der Waals surface area (Å²) in [6.45, 7) is 1.83. The number of benzene rings is 1. The van der Waals surface area contributed by atoms with Gasteiger partial charge in [0.2, 0.25) is 0 Å².